The first-order valence-corrected chi connectivity index (χ1v) is 9.14. The Morgan fingerprint density at radius 1 is 1.12 bits per heavy atom. The number of aromatic amines is 1. The number of nitrogens with one attached hydrogen (secondary N) is 1. The number of pyridine rings is 1. The van der Waals surface area contributed by atoms with Crippen molar-refractivity contribution in [1.29, 1.82) is 0 Å². The minimum absolute atomic E-state index is 0.0806. The quantitative estimate of drug-likeness (QED) is 0.739. The van der Waals surface area contributed by atoms with Crippen molar-refractivity contribution in [1.82, 2.24) is 15.0 Å². The molecule has 26 heavy (non-hydrogen) atoms. The number of halogens is 1. The summed E-state index contributed by atoms with van der Waals surface area (Å²) in [6.07, 6.45) is 5.26. The van der Waals surface area contributed by atoms with Gasteiger partial charge in [-0.3, -0.25) is 9.78 Å². The first-order valence-electron chi connectivity index (χ1n) is 9.14. The molecule has 4 rings (SSSR count). The maximum Gasteiger partial charge on any atom is 0.253 e. The summed E-state index contributed by atoms with van der Waals surface area (Å²) >= 11 is 0. The van der Waals surface area contributed by atoms with Gasteiger partial charge in [-0.05, 0) is 74.6 Å². The number of fused-ring (bicyclic) bond motifs is 1. The van der Waals surface area contributed by atoms with E-state index in [2.05, 4.69) is 15.0 Å². The molecule has 0 saturated heterocycles. The molecule has 2 aromatic heterocycles. The molecule has 0 atom stereocenters. The van der Waals surface area contributed by atoms with Crippen molar-refractivity contribution in [2.24, 2.45) is 0 Å². The van der Waals surface area contributed by atoms with Crippen LogP contribution in [0.15, 0.2) is 35.3 Å². The topological polar surface area (TPSA) is 58.6 Å². The lowest BCUT2D eigenvalue weighted by Crippen LogP contribution is -2.21. The number of aryl methyl sites for hydroxylation is 2. The summed E-state index contributed by atoms with van der Waals surface area (Å²) in [4.78, 5) is 24.1. The molecule has 0 radical (unpaired) electrons. The zero-order valence-corrected chi connectivity index (χ0v) is 15.1. The van der Waals surface area contributed by atoms with Gasteiger partial charge in [0.25, 0.3) is 5.56 Å². The lowest BCUT2D eigenvalue weighted by Gasteiger charge is -2.29. The zero-order valence-electron chi connectivity index (χ0n) is 15.1. The van der Waals surface area contributed by atoms with E-state index in [1.165, 1.54) is 0 Å². The molecule has 134 valence electrons. The third kappa shape index (κ3) is 3.02. The molecule has 0 bridgehead atoms. The molecule has 0 amide bonds. The first kappa shape index (κ1) is 16.9. The number of H-pyrrole nitrogens is 1. The molecule has 1 aromatic carbocycles. The second-order valence-electron chi connectivity index (χ2n) is 7.32. The zero-order chi connectivity index (χ0) is 18.3. The average molecular weight is 351 g/mol. The molecule has 1 fully saturated rings. The summed E-state index contributed by atoms with van der Waals surface area (Å²) in [5.41, 5.74) is 4.60. The Hall–Kier alpha value is -2.56. The van der Waals surface area contributed by atoms with E-state index in [1.54, 1.807) is 18.3 Å². The number of nitrogens with zero attached hydrogens (tertiary/aromatic N) is 2. The van der Waals surface area contributed by atoms with E-state index in [1.807, 2.05) is 26.0 Å². The van der Waals surface area contributed by atoms with Crippen molar-refractivity contribution >= 4 is 11.2 Å². The van der Waals surface area contributed by atoms with Crippen LogP contribution in [0.3, 0.4) is 0 Å². The van der Waals surface area contributed by atoms with E-state index < -0.39 is 0 Å². The van der Waals surface area contributed by atoms with Gasteiger partial charge >= 0.3 is 0 Å². The normalized spacial score (nSPS) is 20.4. The second kappa shape index (κ2) is 6.63. The van der Waals surface area contributed by atoms with Crippen molar-refractivity contribution in [2.75, 3.05) is 0 Å². The van der Waals surface area contributed by atoms with E-state index in [0.29, 0.717) is 5.65 Å². The van der Waals surface area contributed by atoms with Gasteiger partial charge in [-0.2, -0.15) is 0 Å². The smallest absolute Gasteiger partial charge is 0.253 e. The summed E-state index contributed by atoms with van der Waals surface area (Å²) in [5, 5.41) is 0. The molecular weight excluding hydrogens is 329 g/mol. The summed E-state index contributed by atoms with van der Waals surface area (Å²) in [6.45, 7) is 3.82. The van der Waals surface area contributed by atoms with E-state index >= 15 is 0 Å². The first-order chi connectivity index (χ1) is 12.5. The molecular formula is C21H22FN3O. The van der Waals surface area contributed by atoms with Crippen molar-refractivity contribution in [3.8, 4) is 0 Å². The second-order valence-corrected chi connectivity index (χ2v) is 7.32. The average Bonchev–Trinajstić information content (AvgIpc) is 2.61. The van der Waals surface area contributed by atoms with Crippen LogP contribution < -0.4 is 5.56 Å². The fourth-order valence-corrected chi connectivity index (χ4v) is 4.23. The fraction of sp³-hybridized carbons (Fsp3) is 0.381. The highest BCUT2D eigenvalue weighted by Gasteiger charge is 2.27. The predicted octanol–water partition coefficient (Wildman–Crippen LogP) is 4.52. The number of rotatable bonds is 2. The summed E-state index contributed by atoms with van der Waals surface area (Å²) in [5.74, 6) is 0.312. The van der Waals surface area contributed by atoms with Gasteiger partial charge in [0.05, 0.1) is 5.69 Å². The van der Waals surface area contributed by atoms with Crippen LogP contribution in [0.25, 0.3) is 11.2 Å². The van der Waals surface area contributed by atoms with Crippen LogP contribution in [0.4, 0.5) is 4.39 Å². The van der Waals surface area contributed by atoms with Crippen LogP contribution in [0.5, 0.6) is 0 Å². The van der Waals surface area contributed by atoms with E-state index in [-0.39, 0.29) is 23.2 Å². The van der Waals surface area contributed by atoms with Crippen LogP contribution in [-0.4, -0.2) is 15.0 Å². The molecule has 5 heteroatoms. The SMILES string of the molecule is Cc1cnc2cc(C3CCC(c4c(C)cccc4F)CC3)c(=O)[nH]c2n1. The molecule has 1 aliphatic rings. The highest BCUT2D eigenvalue weighted by molar-refractivity contribution is 5.70. The molecule has 3 aromatic rings. The van der Waals surface area contributed by atoms with E-state index in [4.69, 9.17) is 0 Å². The van der Waals surface area contributed by atoms with E-state index in [9.17, 15) is 9.18 Å². The van der Waals surface area contributed by atoms with Gasteiger partial charge in [-0.15, -0.1) is 0 Å². The van der Waals surface area contributed by atoms with Crippen molar-refractivity contribution < 1.29 is 4.39 Å². The largest absolute Gasteiger partial charge is 0.305 e. The van der Waals surface area contributed by atoms with Gasteiger partial charge in [-0.25, -0.2) is 9.37 Å². The maximum atomic E-state index is 14.3. The van der Waals surface area contributed by atoms with Gasteiger partial charge in [0.2, 0.25) is 0 Å². The summed E-state index contributed by atoms with van der Waals surface area (Å²) in [7, 11) is 0. The van der Waals surface area contributed by atoms with Crippen LogP contribution in [-0.2, 0) is 0 Å². The van der Waals surface area contributed by atoms with Crippen molar-refractivity contribution in [3.63, 3.8) is 0 Å². The minimum Gasteiger partial charge on any atom is -0.305 e. The Bertz CT molecular complexity index is 999. The molecule has 1 aliphatic carbocycles. The summed E-state index contributed by atoms with van der Waals surface area (Å²) < 4.78 is 14.3. The molecule has 2 heterocycles. The van der Waals surface area contributed by atoms with Gasteiger partial charge < -0.3 is 4.98 Å². The minimum atomic E-state index is -0.109. The monoisotopic (exact) mass is 351 g/mol. The summed E-state index contributed by atoms with van der Waals surface area (Å²) in [6, 6.07) is 7.15. The standard InChI is InChI=1S/C21H22FN3O/c1-12-4-3-5-17(22)19(12)15-8-6-14(7-9-15)16-10-18-20(25-21(16)26)24-13(2)11-23-18/h3-5,10-11,14-15H,6-9H2,1-2H3,(H,24,25,26). The Kier molecular flexibility index (Phi) is 4.31. The van der Waals surface area contributed by atoms with Gasteiger partial charge in [-0.1, -0.05) is 12.1 Å². The van der Waals surface area contributed by atoms with Gasteiger partial charge in [0, 0.05) is 11.8 Å². The third-order valence-corrected chi connectivity index (χ3v) is 5.55. The van der Waals surface area contributed by atoms with Gasteiger partial charge in [0.1, 0.15) is 11.3 Å². The Labute approximate surface area is 151 Å². The lowest BCUT2D eigenvalue weighted by atomic mass is 9.75. The van der Waals surface area contributed by atoms with Crippen molar-refractivity contribution in [3.05, 3.63) is 69.0 Å². The molecule has 1 saturated carbocycles. The number of hydrogen-bond donors (Lipinski definition) is 1. The van der Waals surface area contributed by atoms with E-state index in [0.717, 1.165) is 53.6 Å². The van der Waals surface area contributed by atoms with Crippen molar-refractivity contribution in [2.45, 2.75) is 51.4 Å². The van der Waals surface area contributed by atoms with Crippen LogP contribution >= 0.6 is 0 Å². The molecule has 1 N–H and O–H groups in total. The molecule has 0 aliphatic heterocycles. The number of benzene rings is 1. The van der Waals surface area contributed by atoms with Gasteiger partial charge in [0.15, 0.2) is 5.65 Å². The lowest BCUT2D eigenvalue weighted by molar-refractivity contribution is 0.385. The fourth-order valence-electron chi connectivity index (χ4n) is 4.23. The Balaban J connectivity index is 1.58. The van der Waals surface area contributed by atoms with Crippen LogP contribution in [0.1, 0.15) is 59.9 Å². The highest BCUT2D eigenvalue weighted by Crippen LogP contribution is 2.41. The number of aromatic nitrogens is 3. The maximum absolute atomic E-state index is 14.3. The predicted molar refractivity (Wildman–Crippen MR) is 100.0 cm³/mol. The van der Waals surface area contributed by atoms with Crippen LogP contribution in [0.2, 0.25) is 0 Å². The Morgan fingerprint density at radius 3 is 2.58 bits per heavy atom. The molecule has 0 unspecified atom stereocenters. The Morgan fingerprint density at radius 2 is 1.85 bits per heavy atom. The molecule has 0 spiro atoms. The van der Waals surface area contributed by atoms with Crippen LogP contribution in [0, 0.1) is 19.7 Å². The number of hydrogen-bond acceptors (Lipinski definition) is 3. The third-order valence-electron chi connectivity index (χ3n) is 5.55. The molecule has 4 nitrogen and oxygen atoms in total. The highest BCUT2D eigenvalue weighted by atomic mass is 19.1.